The smallest absolute Gasteiger partial charge is 0.235 e. The van der Waals surface area contributed by atoms with E-state index in [9.17, 15) is 9.59 Å². The molecule has 0 unspecified atom stereocenters. The Kier molecular flexibility index (Phi) is 6.80. The first-order valence-corrected chi connectivity index (χ1v) is 14.7. The summed E-state index contributed by atoms with van der Waals surface area (Å²) in [6.07, 6.45) is 7.51. The largest absolute Gasteiger partial charge is 0.353 e. The van der Waals surface area contributed by atoms with Crippen LogP contribution >= 0.6 is 11.3 Å². The number of benzene rings is 1. The number of thiophene rings is 1. The minimum atomic E-state index is -0.358. The zero-order valence-electron chi connectivity index (χ0n) is 21.8. The van der Waals surface area contributed by atoms with Gasteiger partial charge in [-0.1, -0.05) is 31.4 Å². The summed E-state index contributed by atoms with van der Waals surface area (Å²) in [5.41, 5.74) is 2.89. The zero-order chi connectivity index (χ0) is 25.4. The van der Waals surface area contributed by atoms with E-state index in [2.05, 4.69) is 46.3 Å². The predicted octanol–water partition coefficient (Wildman–Crippen LogP) is 5.30. The summed E-state index contributed by atoms with van der Waals surface area (Å²) in [5, 5.41) is 4.77. The quantitative estimate of drug-likeness (QED) is 0.429. The van der Waals surface area contributed by atoms with Gasteiger partial charge in [0.2, 0.25) is 11.8 Å². The SMILES string of the molecule is Cc1cc2c(s1)Nc1ccccc1N=C2N1CCN(CCCCN2C(=O)CC3(CCCCC3)C2=O)CC1. The van der Waals surface area contributed by atoms with Crippen molar-refractivity contribution < 1.29 is 9.59 Å². The number of anilines is 2. The molecule has 4 aliphatic rings. The van der Waals surface area contributed by atoms with Gasteiger partial charge in [0.1, 0.15) is 10.8 Å². The number of likely N-dealkylation sites (tertiary alicyclic amines) is 1. The highest BCUT2D eigenvalue weighted by Crippen LogP contribution is 2.45. The minimum Gasteiger partial charge on any atom is -0.353 e. The summed E-state index contributed by atoms with van der Waals surface area (Å²) in [6.45, 7) is 7.63. The summed E-state index contributed by atoms with van der Waals surface area (Å²) >= 11 is 1.79. The van der Waals surface area contributed by atoms with Gasteiger partial charge in [0.25, 0.3) is 0 Å². The van der Waals surface area contributed by atoms with Crippen LogP contribution in [0.15, 0.2) is 35.3 Å². The Labute approximate surface area is 223 Å². The van der Waals surface area contributed by atoms with Crippen LogP contribution in [-0.2, 0) is 9.59 Å². The number of imide groups is 1. The van der Waals surface area contributed by atoms with Gasteiger partial charge in [-0.05, 0) is 57.4 Å². The number of nitrogens with one attached hydrogen (secondary N) is 1. The van der Waals surface area contributed by atoms with Crippen LogP contribution < -0.4 is 5.32 Å². The van der Waals surface area contributed by atoms with Crippen LogP contribution in [0.2, 0.25) is 0 Å². The van der Waals surface area contributed by atoms with Crippen molar-refractivity contribution in [3.63, 3.8) is 0 Å². The predicted molar refractivity (Wildman–Crippen MR) is 149 cm³/mol. The first-order chi connectivity index (χ1) is 18.0. The lowest BCUT2D eigenvalue weighted by Gasteiger charge is -2.36. The summed E-state index contributed by atoms with van der Waals surface area (Å²) in [7, 11) is 0. The molecule has 1 N–H and O–H groups in total. The van der Waals surface area contributed by atoms with E-state index < -0.39 is 0 Å². The molecule has 1 spiro atoms. The Bertz CT molecular complexity index is 1210. The molecule has 6 rings (SSSR count). The maximum Gasteiger partial charge on any atom is 0.235 e. The molecule has 0 bridgehead atoms. The molecule has 37 heavy (non-hydrogen) atoms. The van der Waals surface area contributed by atoms with E-state index >= 15 is 0 Å². The number of hydrogen-bond donors (Lipinski definition) is 1. The molecule has 1 aliphatic carbocycles. The number of carbonyl (C=O) groups is 2. The summed E-state index contributed by atoms with van der Waals surface area (Å²) in [4.78, 5) is 38.6. The fraction of sp³-hybridized carbons (Fsp3) is 0.552. The Hall–Kier alpha value is -2.71. The van der Waals surface area contributed by atoms with Crippen molar-refractivity contribution in [2.75, 3.05) is 44.6 Å². The number of piperazine rings is 1. The Morgan fingerprint density at radius 3 is 2.57 bits per heavy atom. The van der Waals surface area contributed by atoms with Crippen molar-refractivity contribution in [2.24, 2.45) is 10.4 Å². The van der Waals surface area contributed by atoms with Gasteiger partial charge in [0, 0.05) is 44.0 Å². The molecule has 1 aromatic heterocycles. The molecule has 4 heterocycles. The van der Waals surface area contributed by atoms with Crippen molar-refractivity contribution in [3.05, 3.63) is 40.8 Å². The van der Waals surface area contributed by atoms with Crippen molar-refractivity contribution in [3.8, 4) is 0 Å². The third-order valence-corrected chi connectivity index (χ3v) is 9.52. The van der Waals surface area contributed by atoms with Crippen molar-refractivity contribution >= 4 is 45.4 Å². The number of carbonyl (C=O) groups excluding carboxylic acids is 2. The van der Waals surface area contributed by atoms with Crippen LogP contribution in [0.1, 0.15) is 61.8 Å². The molecule has 1 saturated carbocycles. The van der Waals surface area contributed by atoms with Crippen molar-refractivity contribution in [2.45, 2.75) is 58.3 Å². The van der Waals surface area contributed by atoms with Crippen molar-refractivity contribution in [1.29, 1.82) is 0 Å². The number of amides is 2. The fourth-order valence-corrected chi connectivity index (χ4v) is 7.40. The molecule has 196 valence electrons. The number of aryl methyl sites for hydroxylation is 1. The van der Waals surface area contributed by atoms with Gasteiger partial charge in [-0.2, -0.15) is 0 Å². The summed E-state index contributed by atoms with van der Waals surface area (Å²) in [6, 6.07) is 10.5. The molecular weight excluding hydrogens is 482 g/mol. The molecule has 1 aromatic carbocycles. The van der Waals surface area contributed by atoms with E-state index in [0.717, 1.165) is 88.5 Å². The van der Waals surface area contributed by atoms with E-state index in [1.807, 2.05) is 6.07 Å². The maximum atomic E-state index is 13.0. The third kappa shape index (κ3) is 4.81. The number of aliphatic imine (C=N–C) groups is 1. The molecule has 3 aliphatic heterocycles. The summed E-state index contributed by atoms with van der Waals surface area (Å²) in [5.74, 6) is 1.25. The fourth-order valence-electron chi connectivity index (χ4n) is 6.48. The number of hydrogen-bond acceptors (Lipinski definition) is 7. The maximum absolute atomic E-state index is 13.0. The lowest BCUT2D eigenvalue weighted by molar-refractivity contribution is -0.142. The van der Waals surface area contributed by atoms with Crippen LogP contribution in [0.25, 0.3) is 0 Å². The molecule has 3 fully saturated rings. The molecule has 0 radical (unpaired) electrons. The number of para-hydroxylation sites is 2. The number of unbranched alkanes of at least 4 members (excludes halogenated alkanes) is 1. The summed E-state index contributed by atoms with van der Waals surface area (Å²) < 4.78 is 0. The Balaban J connectivity index is 1.02. The monoisotopic (exact) mass is 519 g/mol. The highest BCUT2D eigenvalue weighted by atomic mass is 32.1. The number of nitrogens with zero attached hydrogens (tertiary/aromatic N) is 4. The Morgan fingerprint density at radius 1 is 1.00 bits per heavy atom. The van der Waals surface area contributed by atoms with Gasteiger partial charge in [-0.15, -0.1) is 11.3 Å². The Morgan fingerprint density at radius 2 is 1.76 bits per heavy atom. The average molecular weight is 520 g/mol. The van der Waals surface area contributed by atoms with Gasteiger partial charge in [-0.3, -0.25) is 19.4 Å². The van der Waals surface area contributed by atoms with Gasteiger partial charge in [-0.25, -0.2) is 4.99 Å². The average Bonchev–Trinajstić information content (AvgIpc) is 3.32. The van der Waals surface area contributed by atoms with Gasteiger partial charge in [0.15, 0.2) is 0 Å². The van der Waals surface area contributed by atoms with E-state index in [1.54, 1.807) is 16.2 Å². The van der Waals surface area contributed by atoms with Gasteiger partial charge in [0.05, 0.1) is 22.4 Å². The van der Waals surface area contributed by atoms with E-state index in [0.29, 0.717) is 13.0 Å². The third-order valence-electron chi connectivity index (χ3n) is 8.55. The van der Waals surface area contributed by atoms with Crippen molar-refractivity contribution in [1.82, 2.24) is 14.7 Å². The minimum absolute atomic E-state index is 0.0591. The second-order valence-electron chi connectivity index (χ2n) is 11.1. The van der Waals surface area contributed by atoms with E-state index in [4.69, 9.17) is 4.99 Å². The molecule has 2 saturated heterocycles. The molecular formula is C29H37N5O2S. The zero-order valence-corrected chi connectivity index (χ0v) is 22.6. The highest BCUT2D eigenvalue weighted by Gasteiger charge is 2.51. The first kappa shape index (κ1) is 24.6. The lowest BCUT2D eigenvalue weighted by atomic mass is 9.73. The number of rotatable bonds is 5. The normalized spacial score (nSPS) is 21.5. The molecule has 0 atom stereocenters. The first-order valence-electron chi connectivity index (χ1n) is 13.9. The van der Waals surface area contributed by atoms with Crippen LogP contribution in [-0.4, -0.2) is 71.6 Å². The highest BCUT2D eigenvalue weighted by molar-refractivity contribution is 7.16. The van der Waals surface area contributed by atoms with Crippen LogP contribution in [0.5, 0.6) is 0 Å². The second-order valence-corrected chi connectivity index (χ2v) is 12.3. The molecule has 2 amide bonds. The lowest BCUT2D eigenvalue weighted by Crippen LogP contribution is -2.49. The van der Waals surface area contributed by atoms with Crippen LogP contribution in [0, 0.1) is 12.3 Å². The molecule has 2 aromatic rings. The molecule has 8 heteroatoms. The second kappa shape index (κ2) is 10.2. The van der Waals surface area contributed by atoms with Gasteiger partial charge < -0.3 is 10.2 Å². The van der Waals surface area contributed by atoms with Crippen LogP contribution in [0.3, 0.4) is 0 Å². The van der Waals surface area contributed by atoms with Gasteiger partial charge >= 0.3 is 0 Å². The molecule has 7 nitrogen and oxygen atoms in total. The number of fused-ring (bicyclic) bond motifs is 2. The number of amidine groups is 1. The van der Waals surface area contributed by atoms with E-state index in [1.165, 1.54) is 21.9 Å². The topological polar surface area (TPSA) is 68.2 Å². The van der Waals surface area contributed by atoms with E-state index in [-0.39, 0.29) is 17.2 Å². The standard InChI is InChI=1S/C29H37N5O2S/c1-21-19-22-26(30-23-9-3-4-10-24(23)31-27(22)37-21)33-17-15-32(16-18-33)13-7-8-14-34-25(35)20-29(28(34)36)11-5-2-6-12-29/h3-4,9-10,19,31H,2,5-8,11-18,20H2,1H3. The van der Waals surface area contributed by atoms with Crippen LogP contribution in [0.4, 0.5) is 16.4 Å².